The van der Waals surface area contributed by atoms with Crippen molar-refractivity contribution in [2.24, 2.45) is 0 Å². The number of rotatable bonds is 14. The second-order valence-corrected chi connectivity index (χ2v) is 6.49. The Morgan fingerprint density at radius 3 is 2.35 bits per heavy atom. The molecule has 0 heterocycles. The average Bonchev–Trinajstić information content (AvgIpc) is 2.54. The van der Waals surface area contributed by atoms with Crippen LogP contribution in [0.1, 0.15) is 27.2 Å². The first-order valence-electron chi connectivity index (χ1n) is 7.93. The van der Waals surface area contributed by atoms with E-state index in [9.17, 15) is 23.8 Å². The first kappa shape index (κ1) is 24.5. The summed E-state index contributed by atoms with van der Waals surface area (Å²) in [6.45, 7) is 3.39. The molecule has 0 aromatic rings. The van der Waals surface area contributed by atoms with Gasteiger partial charge in [-0.1, -0.05) is 6.92 Å². The zero-order valence-corrected chi connectivity index (χ0v) is 16.0. The van der Waals surface area contributed by atoms with Crippen molar-refractivity contribution in [3.63, 3.8) is 0 Å². The lowest BCUT2D eigenvalue weighted by molar-refractivity contribution is -0.158. The molecular formula is C14H26NO10P. The van der Waals surface area contributed by atoms with Gasteiger partial charge in [0, 0.05) is 27.0 Å². The molecule has 0 saturated carbocycles. The minimum atomic E-state index is -4.44. The van der Waals surface area contributed by atoms with Crippen LogP contribution in [-0.4, -0.2) is 68.4 Å². The van der Waals surface area contributed by atoms with Gasteiger partial charge in [0.05, 0.1) is 13.2 Å². The number of esters is 2. The smallest absolute Gasteiger partial charge is 0.462 e. The molecule has 0 radical (unpaired) electrons. The Labute approximate surface area is 151 Å². The van der Waals surface area contributed by atoms with Crippen LogP contribution in [0.4, 0.5) is 0 Å². The van der Waals surface area contributed by atoms with Crippen molar-refractivity contribution in [2.45, 2.75) is 33.3 Å². The van der Waals surface area contributed by atoms with Gasteiger partial charge in [0.15, 0.2) is 6.10 Å². The summed E-state index contributed by atoms with van der Waals surface area (Å²) in [5, 5.41) is 2.43. The molecule has 0 aromatic carbocycles. The number of hydrogen-bond donors (Lipinski definition) is 2. The molecule has 0 aliphatic carbocycles. The third-order valence-electron chi connectivity index (χ3n) is 2.49. The molecule has 1 amide bonds. The fourth-order valence-corrected chi connectivity index (χ4v) is 2.24. The Bertz CT molecular complexity index is 498. The maximum atomic E-state index is 11.7. The van der Waals surface area contributed by atoms with Gasteiger partial charge in [-0.25, -0.2) is 4.57 Å². The molecule has 0 spiro atoms. The van der Waals surface area contributed by atoms with Crippen LogP contribution in [0.2, 0.25) is 0 Å². The van der Waals surface area contributed by atoms with Crippen molar-refractivity contribution in [2.75, 3.05) is 39.6 Å². The van der Waals surface area contributed by atoms with Crippen LogP contribution in [0.15, 0.2) is 0 Å². The third kappa shape index (κ3) is 14.8. The van der Waals surface area contributed by atoms with Gasteiger partial charge in [0.2, 0.25) is 5.91 Å². The van der Waals surface area contributed by atoms with Crippen molar-refractivity contribution >= 4 is 25.7 Å². The highest BCUT2D eigenvalue weighted by Crippen LogP contribution is 2.43. The van der Waals surface area contributed by atoms with E-state index < -0.39 is 32.5 Å². The zero-order chi connectivity index (χ0) is 20.0. The predicted octanol–water partition coefficient (Wildman–Crippen LogP) is 0.158. The van der Waals surface area contributed by atoms with Crippen LogP contribution >= 0.6 is 7.82 Å². The van der Waals surface area contributed by atoms with Crippen LogP contribution < -0.4 is 5.32 Å². The highest BCUT2D eigenvalue weighted by atomic mass is 31.2. The lowest BCUT2D eigenvalue weighted by Crippen LogP contribution is -2.31. The molecule has 0 rings (SSSR count). The van der Waals surface area contributed by atoms with Crippen LogP contribution in [0.5, 0.6) is 0 Å². The summed E-state index contributed by atoms with van der Waals surface area (Å²) in [4.78, 5) is 42.6. The Balaban J connectivity index is 4.12. The molecule has 0 saturated heterocycles. The van der Waals surface area contributed by atoms with Gasteiger partial charge in [-0.3, -0.25) is 23.4 Å². The SMILES string of the molecule is CCCOCC(=O)NCCOP(=O)(O)OC[C@@H](COC(C)=O)OC(C)=O. The van der Waals surface area contributed by atoms with Crippen molar-refractivity contribution in [1.82, 2.24) is 5.32 Å². The summed E-state index contributed by atoms with van der Waals surface area (Å²) in [6, 6.07) is 0. The monoisotopic (exact) mass is 399 g/mol. The molecule has 152 valence electrons. The van der Waals surface area contributed by atoms with Crippen LogP contribution in [0, 0.1) is 0 Å². The molecule has 2 atom stereocenters. The number of ether oxygens (including phenoxy) is 3. The van der Waals surface area contributed by atoms with E-state index in [-0.39, 0.29) is 32.3 Å². The molecule has 0 aliphatic heterocycles. The minimum absolute atomic E-state index is 0.0248. The molecule has 0 bridgehead atoms. The van der Waals surface area contributed by atoms with Crippen molar-refractivity contribution in [3.8, 4) is 0 Å². The number of hydrogen-bond acceptors (Lipinski definition) is 9. The van der Waals surface area contributed by atoms with Gasteiger partial charge < -0.3 is 24.4 Å². The number of nitrogens with one attached hydrogen (secondary N) is 1. The van der Waals surface area contributed by atoms with Crippen LogP contribution in [0.3, 0.4) is 0 Å². The quantitative estimate of drug-likeness (QED) is 0.235. The van der Waals surface area contributed by atoms with Gasteiger partial charge >= 0.3 is 19.8 Å². The fraction of sp³-hybridized carbons (Fsp3) is 0.786. The van der Waals surface area contributed by atoms with Gasteiger partial charge in [-0.15, -0.1) is 0 Å². The second-order valence-electron chi connectivity index (χ2n) is 5.03. The topological polar surface area (TPSA) is 147 Å². The van der Waals surface area contributed by atoms with Gasteiger partial charge in [0.25, 0.3) is 0 Å². The summed E-state index contributed by atoms with van der Waals surface area (Å²) in [6.07, 6.45) is -0.274. The summed E-state index contributed by atoms with van der Waals surface area (Å²) in [5.74, 6) is -1.66. The highest BCUT2D eigenvalue weighted by molar-refractivity contribution is 7.47. The van der Waals surface area contributed by atoms with E-state index >= 15 is 0 Å². The van der Waals surface area contributed by atoms with Crippen LogP contribution in [0.25, 0.3) is 0 Å². The van der Waals surface area contributed by atoms with E-state index in [2.05, 4.69) is 14.6 Å². The van der Waals surface area contributed by atoms with E-state index in [1.165, 1.54) is 0 Å². The fourth-order valence-electron chi connectivity index (χ4n) is 1.49. The Morgan fingerprint density at radius 1 is 1.08 bits per heavy atom. The Morgan fingerprint density at radius 2 is 1.77 bits per heavy atom. The second kappa shape index (κ2) is 13.7. The molecule has 1 unspecified atom stereocenters. The lowest BCUT2D eigenvalue weighted by atomic mass is 10.4. The number of amides is 1. The van der Waals surface area contributed by atoms with Gasteiger partial charge in [0.1, 0.15) is 13.2 Å². The third-order valence-corrected chi connectivity index (χ3v) is 3.47. The number of carbonyl (C=O) groups excluding carboxylic acids is 3. The lowest BCUT2D eigenvalue weighted by Gasteiger charge is -2.18. The van der Waals surface area contributed by atoms with E-state index in [0.717, 1.165) is 20.3 Å². The standard InChI is InChI=1S/C14H26NO10P/c1-4-6-21-10-14(18)15-5-7-23-26(19,20)24-9-13(25-12(3)17)8-22-11(2)16/h13H,4-10H2,1-3H3,(H,15,18)(H,19,20)/t13-/m1/s1. The normalized spacial score (nSPS) is 14.2. The van der Waals surface area contributed by atoms with E-state index in [1.807, 2.05) is 6.92 Å². The number of carbonyl (C=O) groups is 3. The molecule has 2 N–H and O–H groups in total. The summed E-state index contributed by atoms with van der Waals surface area (Å²) in [7, 11) is -4.44. The van der Waals surface area contributed by atoms with Crippen molar-refractivity contribution in [3.05, 3.63) is 0 Å². The van der Waals surface area contributed by atoms with E-state index in [1.54, 1.807) is 0 Å². The van der Waals surface area contributed by atoms with Crippen molar-refractivity contribution in [1.29, 1.82) is 0 Å². The first-order valence-corrected chi connectivity index (χ1v) is 9.42. The molecule has 0 aliphatic rings. The number of phosphoric acid groups is 1. The summed E-state index contributed by atoms with van der Waals surface area (Å²) < 4.78 is 35.6. The molecule has 0 aromatic heterocycles. The summed E-state index contributed by atoms with van der Waals surface area (Å²) in [5.41, 5.74) is 0. The van der Waals surface area contributed by atoms with E-state index in [0.29, 0.717) is 6.61 Å². The average molecular weight is 399 g/mol. The first-order chi connectivity index (χ1) is 12.2. The summed E-state index contributed by atoms with van der Waals surface area (Å²) >= 11 is 0. The Kier molecular flexibility index (Phi) is 12.9. The highest BCUT2D eigenvalue weighted by Gasteiger charge is 2.25. The molecular weight excluding hydrogens is 373 g/mol. The number of phosphoric ester groups is 1. The largest absolute Gasteiger partial charge is 0.472 e. The molecule has 11 nitrogen and oxygen atoms in total. The molecule has 26 heavy (non-hydrogen) atoms. The molecule has 0 fully saturated rings. The van der Waals surface area contributed by atoms with Gasteiger partial charge in [-0.2, -0.15) is 0 Å². The Hall–Kier alpha value is -1.52. The molecule has 12 heteroatoms. The zero-order valence-electron chi connectivity index (χ0n) is 15.1. The minimum Gasteiger partial charge on any atom is -0.462 e. The predicted molar refractivity (Wildman–Crippen MR) is 88.0 cm³/mol. The van der Waals surface area contributed by atoms with Crippen LogP contribution in [-0.2, 0) is 42.2 Å². The maximum Gasteiger partial charge on any atom is 0.472 e. The maximum absolute atomic E-state index is 11.7. The van der Waals surface area contributed by atoms with E-state index in [4.69, 9.17) is 14.0 Å². The van der Waals surface area contributed by atoms with Crippen molar-refractivity contribution < 1.29 is 47.1 Å². The van der Waals surface area contributed by atoms with Gasteiger partial charge in [-0.05, 0) is 6.42 Å².